The first-order valence-corrected chi connectivity index (χ1v) is 10.2. The summed E-state index contributed by atoms with van der Waals surface area (Å²) in [6.45, 7) is 9.47. The maximum Gasteiger partial charge on any atom is 0.255 e. The van der Waals surface area contributed by atoms with Gasteiger partial charge in [-0.15, -0.1) is 0 Å². The highest BCUT2D eigenvalue weighted by Gasteiger charge is 2.23. The summed E-state index contributed by atoms with van der Waals surface area (Å²) >= 11 is 0. The molecule has 0 aliphatic carbocycles. The number of carbonyl (C=O) groups excluding carboxylic acids is 1. The fourth-order valence-corrected chi connectivity index (χ4v) is 4.32. The number of hydrogen-bond donors (Lipinski definition) is 1. The molecule has 146 valence electrons. The predicted molar refractivity (Wildman–Crippen MR) is 105 cm³/mol. The van der Waals surface area contributed by atoms with Crippen molar-refractivity contribution in [2.45, 2.75) is 39.5 Å². The molecule has 0 fully saturated rings. The maximum absolute atomic E-state index is 13.7. The Labute approximate surface area is 160 Å². The van der Waals surface area contributed by atoms with E-state index in [9.17, 15) is 17.6 Å². The van der Waals surface area contributed by atoms with Crippen molar-refractivity contribution in [2.24, 2.45) is 0 Å². The Morgan fingerprint density at radius 2 is 1.67 bits per heavy atom. The van der Waals surface area contributed by atoms with E-state index in [1.165, 1.54) is 28.6 Å². The number of nitrogens with zero attached hydrogens (tertiary/aromatic N) is 1. The van der Waals surface area contributed by atoms with E-state index in [4.69, 9.17) is 0 Å². The van der Waals surface area contributed by atoms with Crippen molar-refractivity contribution < 1.29 is 17.6 Å². The lowest BCUT2D eigenvalue weighted by Gasteiger charge is -2.20. The molecule has 5 nitrogen and oxygen atoms in total. The summed E-state index contributed by atoms with van der Waals surface area (Å²) in [6, 6.07) is 7.29. The van der Waals surface area contributed by atoms with Crippen molar-refractivity contribution in [1.82, 2.24) is 4.31 Å². The van der Waals surface area contributed by atoms with Crippen LogP contribution >= 0.6 is 0 Å². The van der Waals surface area contributed by atoms with Gasteiger partial charge in [-0.25, -0.2) is 12.8 Å². The van der Waals surface area contributed by atoms with Gasteiger partial charge in [0.25, 0.3) is 5.91 Å². The van der Waals surface area contributed by atoms with E-state index in [0.29, 0.717) is 24.3 Å². The van der Waals surface area contributed by atoms with Crippen LogP contribution in [0.3, 0.4) is 0 Å². The molecule has 2 rings (SSSR count). The number of nitrogens with one attached hydrogen (secondary N) is 1. The fraction of sp³-hybridized carbons (Fsp3) is 0.350. The maximum atomic E-state index is 13.7. The molecular weight excluding hydrogens is 367 g/mol. The van der Waals surface area contributed by atoms with E-state index < -0.39 is 21.7 Å². The van der Waals surface area contributed by atoms with Crippen molar-refractivity contribution in [2.75, 3.05) is 18.4 Å². The average molecular weight is 392 g/mol. The Morgan fingerprint density at radius 1 is 1.04 bits per heavy atom. The largest absolute Gasteiger partial charge is 0.322 e. The van der Waals surface area contributed by atoms with Gasteiger partial charge >= 0.3 is 0 Å². The molecule has 0 bridgehead atoms. The molecule has 0 unspecified atom stereocenters. The Hall–Kier alpha value is -2.25. The highest BCUT2D eigenvalue weighted by atomic mass is 32.2. The smallest absolute Gasteiger partial charge is 0.255 e. The van der Waals surface area contributed by atoms with Gasteiger partial charge in [-0.05, 0) is 61.7 Å². The van der Waals surface area contributed by atoms with Crippen LogP contribution in [0.15, 0.2) is 35.2 Å². The Bertz CT molecular complexity index is 967. The number of aryl methyl sites for hydroxylation is 2. The molecule has 1 N–H and O–H groups in total. The SMILES string of the molecule is CCN(CC)S(=O)(=O)c1cc(C)c(C)c(NC(=O)c2ccc(C)c(F)c2)c1. The minimum atomic E-state index is -3.65. The standard InChI is InChI=1S/C20H25FN2O3S/c1-6-23(7-2)27(25,26)17-10-14(4)15(5)19(12-17)22-20(24)16-9-8-13(3)18(21)11-16/h8-12H,6-7H2,1-5H3,(H,22,24). The van der Waals surface area contributed by atoms with Crippen LogP contribution in [0.2, 0.25) is 0 Å². The van der Waals surface area contributed by atoms with Crippen molar-refractivity contribution in [3.05, 3.63) is 58.4 Å². The third kappa shape index (κ3) is 4.36. The summed E-state index contributed by atoms with van der Waals surface area (Å²) < 4.78 is 40.7. The molecule has 0 aliphatic heterocycles. The van der Waals surface area contributed by atoms with Crippen LogP contribution in [0.4, 0.5) is 10.1 Å². The van der Waals surface area contributed by atoms with Gasteiger partial charge < -0.3 is 5.32 Å². The molecule has 0 saturated carbocycles. The molecule has 2 aromatic rings. The van der Waals surface area contributed by atoms with Crippen molar-refractivity contribution >= 4 is 21.6 Å². The summed E-state index contributed by atoms with van der Waals surface area (Å²) in [4.78, 5) is 12.6. The minimum Gasteiger partial charge on any atom is -0.322 e. The molecule has 0 aromatic heterocycles. The highest BCUT2D eigenvalue weighted by Crippen LogP contribution is 2.27. The van der Waals surface area contributed by atoms with E-state index in [-0.39, 0.29) is 10.5 Å². The van der Waals surface area contributed by atoms with E-state index in [0.717, 1.165) is 11.1 Å². The zero-order valence-electron chi connectivity index (χ0n) is 16.3. The van der Waals surface area contributed by atoms with Crippen LogP contribution in [-0.4, -0.2) is 31.7 Å². The normalized spacial score (nSPS) is 11.7. The monoisotopic (exact) mass is 392 g/mol. The summed E-state index contributed by atoms with van der Waals surface area (Å²) in [5, 5.41) is 2.71. The van der Waals surface area contributed by atoms with E-state index in [1.807, 2.05) is 0 Å². The van der Waals surface area contributed by atoms with Crippen LogP contribution in [0.25, 0.3) is 0 Å². The summed E-state index contributed by atoms with van der Waals surface area (Å²) in [7, 11) is -3.65. The number of hydrogen-bond acceptors (Lipinski definition) is 3. The number of carbonyl (C=O) groups is 1. The topological polar surface area (TPSA) is 66.5 Å². The van der Waals surface area contributed by atoms with Crippen LogP contribution in [0, 0.1) is 26.6 Å². The second-order valence-corrected chi connectivity index (χ2v) is 8.36. The molecule has 1 amide bonds. The molecule has 0 spiro atoms. The summed E-state index contributed by atoms with van der Waals surface area (Å²) in [6.07, 6.45) is 0. The predicted octanol–water partition coefficient (Wildman–Crippen LogP) is 4.03. The molecule has 0 aliphatic rings. The molecular formula is C20H25FN2O3S. The van der Waals surface area contributed by atoms with Gasteiger partial charge in [0.15, 0.2) is 0 Å². The van der Waals surface area contributed by atoms with E-state index >= 15 is 0 Å². The molecule has 0 saturated heterocycles. The highest BCUT2D eigenvalue weighted by molar-refractivity contribution is 7.89. The number of rotatable bonds is 6. The molecule has 7 heteroatoms. The number of sulfonamides is 1. The number of amides is 1. The number of benzene rings is 2. The van der Waals surface area contributed by atoms with Crippen LogP contribution in [0.5, 0.6) is 0 Å². The van der Waals surface area contributed by atoms with Gasteiger partial charge in [-0.1, -0.05) is 19.9 Å². The van der Waals surface area contributed by atoms with Gasteiger partial charge in [-0.2, -0.15) is 4.31 Å². The fourth-order valence-electron chi connectivity index (χ4n) is 2.75. The first kappa shape index (κ1) is 21.1. The van der Waals surface area contributed by atoms with Gasteiger partial charge in [0.2, 0.25) is 10.0 Å². The van der Waals surface area contributed by atoms with Gasteiger partial charge in [-0.3, -0.25) is 4.79 Å². The van der Waals surface area contributed by atoms with Gasteiger partial charge in [0.05, 0.1) is 4.90 Å². The molecule has 2 aromatic carbocycles. The zero-order valence-corrected chi connectivity index (χ0v) is 17.1. The van der Waals surface area contributed by atoms with Gasteiger partial charge in [0, 0.05) is 24.3 Å². The average Bonchev–Trinajstić information content (AvgIpc) is 2.61. The van der Waals surface area contributed by atoms with Crippen LogP contribution < -0.4 is 5.32 Å². The summed E-state index contributed by atoms with van der Waals surface area (Å²) in [5.74, 6) is -0.956. The first-order chi connectivity index (χ1) is 12.6. The molecule has 0 radical (unpaired) electrons. The molecule has 27 heavy (non-hydrogen) atoms. The summed E-state index contributed by atoms with van der Waals surface area (Å²) in [5.41, 5.74) is 2.52. The molecule has 0 atom stereocenters. The number of halogens is 1. The van der Waals surface area contributed by atoms with Crippen LogP contribution in [0.1, 0.15) is 40.9 Å². The lowest BCUT2D eigenvalue weighted by Crippen LogP contribution is -2.30. The minimum absolute atomic E-state index is 0.125. The lowest BCUT2D eigenvalue weighted by molar-refractivity contribution is 0.102. The van der Waals surface area contributed by atoms with Crippen molar-refractivity contribution in [1.29, 1.82) is 0 Å². The quantitative estimate of drug-likeness (QED) is 0.807. The molecule has 0 heterocycles. The third-order valence-corrected chi connectivity index (χ3v) is 6.69. The van der Waals surface area contributed by atoms with Gasteiger partial charge in [0.1, 0.15) is 5.82 Å². The Morgan fingerprint density at radius 3 is 2.22 bits per heavy atom. The van der Waals surface area contributed by atoms with E-state index in [2.05, 4.69) is 5.32 Å². The zero-order chi connectivity index (χ0) is 20.4. The van der Waals surface area contributed by atoms with Crippen LogP contribution in [-0.2, 0) is 10.0 Å². The van der Waals surface area contributed by atoms with Crippen molar-refractivity contribution in [3.63, 3.8) is 0 Å². The van der Waals surface area contributed by atoms with Crippen molar-refractivity contribution in [3.8, 4) is 0 Å². The first-order valence-electron chi connectivity index (χ1n) is 8.80. The Balaban J connectivity index is 2.44. The number of anilines is 1. The second kappa shape index (κ2) is 8.19. The third-order valence-electron chi connectivity index (χ3n) is 4.67. The Kier molecular flexibility index (Phi) is 6.38. The van der Waals surface area contributed by atoms with E-state index in [1.54, 1.807) is 40.7 Å². The lowest BCUT2D eigenvalue weighted by atomic mass is 10.1. The second-order valence-electron chi connectivity index (χ2n) is 6.42.